The van der Waals surface area contributed by atoms with Gasteiger partial charge < -0.3 is 16.2 Å². The van der Waals surface area contributed by atoms with Crippen molar-refractivity contribution < 1.29 is 17.9 Å². The van der Waals surface area contributed by atoms with Gasteiger partial charge in [-0.05, 0) is 49.2 Å². The Labute approximate surface area is 198 Å². The van der Waals surface area contributed by atoms with Crippen LogP contribution >= 0.6 is 0 Å². The molecule has 0 aliphatic carbocycles. The summed E-state index contributed by atoms with van der Waals surface area (Å²) in [7, 11) is -3.46. The molecule has 1 fully saturated rings. The summed E-state index contributed by atoms with van der Waals surface area (Å²) >= 11 is 0. The van der Waals surface area contributed by atoms with Gasteiger partial charge in [-0.15, -0.1) is 6.58 Å². The number of para-hydroxylation sites is 1. The number of hydrogen-bond acceptors (Lipinski definition) is 6. The Morgan fingerprint density at radius 1 is 1.15 bits per heavy atom. The Morgan fingerprint density at radius 2 is 1.82 bits per heavy atom. The van der Waals surface area contributed by atoms with E-state index in [1.165, 1.54) is 15.1 Å². The summed E-state index contributed by atoms with van der Waals surface area (Å²) in [4.78, 5) is 12.3. The highest BCUT2D eigenvalue weighted by Gasteiger charge is 2.32. The molecule has 34 heavy (non-hydrogen) atoms. The summed E-state index contributed by atoms with van der Waals surface area (Å²) in [6, 6.07) is 16.1. The molecule has 178 valence electrons. The molecule has 1 unspecified atom stereocenters. The van der Waals surface area contributed by atoms with E-state index in [4.69, 9.17) is 16.2 Å². The number of nitrogens with two attached hydrogens (primary N) is 2. The Kier molecular flexibility index (Phi) is 6.71. The number of aromatic nitrogens is 2. The van der Waals surface area contributed by atoms with E-state index < -0.39 is 15.9 Å². The van der Waals surface area contributed by atoms with Gasteiger partial charge in [-0.1, -0.05) is 24.3 Å². The lowest BCUT2D eigenvalue weighted by Crippen LogP contribution is -2.42. The smallest absolute Gasteiger partial charge is 0.254 e. The first-order valence-corrected chi connectivity index (χ1v) is 12.5. The molecule has 1 aliphatic rings. The Balaban J connectivity index is 1.63. The van der Waals surface area contributed by atoms with Gasteiger partial charge in [-0.2, -0.15) is 9.40 Å². The highest BCUT2D eigenvalue weighted by Crippen LogP contribution is 2.33. The van der Waals surface area contributed by atoms with E-state index in [1.807, 2.05) is 30.3 Å². The number of primary amides is 1. The van der Waals surface area contributed by atoms with E-state index in [0.29, 0.717) is 42.1 Å². The number of ether oxygens (including phenoxy) is 1. The molecule has 1 saturated heterocycles. The largest absolute Gasteiger partial charge is 0.457 e. The van der Waals surface area contributed by atoms with Crippen LogP contribution in [0.5, 0.6) is 11.5 Å². The third kappa shape index (κ3) is 4.82. The maximum Gasteiger partial charge on any atom is 0.254 e. The standard InChI is InChI=1S/C24H27N5O4S/c1-2-15-34(31,32)28-14-6-7-18(16-28)29-23(25)21(24(26)30)22(27-29)17-10-12-20(13-11-17)33-19-8-4-3-5-9-19/h2-5,8-13,18H,1,6-7,14-16,25H2,(H2,26,30). The van der Waals surface area contributed by atoms with Gasteiger partial charge >= 0.3 is 0 Å². The molecule has 10 heteroatoms. The van der Waals surface area contributed by atoms with Crippen molar-refractivity contribution in [1.29, 1.82) is 0 Å². The fraction of sp³-hybridized carbons (Fsp3) is 0.250. The number of nitrogen functional groups attached to an aromatic ring is 1. The van der Waals surface area contributed by atoms with Crippen molar-refractivity contribution in [3.63, 3.8) is 0 Å². The van der Waals surface area contributed by atoms with E-state index in [0.717, 1.165) is 0 Å². The Morgan fingerprint density at radius 3 is 2.47 bits per heavy atom. The van der Waals surface area contributed by atoms with Crippen LogP contribution in [0, 0.1) is 0 Å². The van der Waals surface area contributed by atoms with Crippen LogP contribution in [0.1, 0.15) is 29.2 Å². The number of carbonyl (C=O) groups is 1. The summed E-state index contributed by atoms with van der Waals surface area (Å²) < 4.78 is 33.8. The molecule has 1 atom stereocenters. The predicted octanol–water partition coefficient (Wildman–Crippen LogP) is 3.18. The molecular weight excluding hydrogens is 454 g/mol. The summed E-state index contributed by atoms with van der Waals surface area (Å²) in [5, 5.41) is 4.61. The minimum atomic E-state index is -3.46. The minimum Gasteiger partial charge on any atom is -0.457 e. The second-order valence-corrected chi connectivity index (χ2v) is 10.1. The number of amides is 1. The van der Waals surface area contributed by atoms with Crippen LogP contribution in [0.3, 0.4) is 0 Å². The molecule has 2 heterocycles. The lowest BCUT2D eigenvalue weighted by atomic mass is 10.1. The van der Waals surface area contributed by atoms with Gasteiger partial charge in [-0.3, -0.25) is 4.79 Å². The van der Waals surface area contributed by atoms with Crippen molar-refractivity contribution in [3.8, 4) is 22.8 Å². The van der Waals surface area contributed by atoms with Crippen molar-refractivity contribution in [2.24, 2.45) is 5.73 Å². The van der Waals surface area contributed by atoms with Gasteiger partial charge in [0.1, 0.15) is 28.6 Å². The molecule has 1 amide bonds. The third-order valence-corrected chi connectivity index (χ3v) is 7.50. The zero-order valence-corrected chi connectivity index (χ0v) is 19.4. The topological polar surface area (TPSA) is 134 Å². The van der Waals surface area contributed by atoms with Crippen LogP contribution in [0.25, 0.3) is 11.3 Å². The maximum atomic E-state index is 12.5. The second kappa shape index (κ2) is 9.70. The Bertz CT molecular complexity index is 1290. The van der Waals surface area contributed by atoms with E-state index in [1.54, 1.807) is 24.3 Å². The van der Waals surface area contributed by atoms with Crippen LogP contribution < -0.4 is 16.2 Å². The summed E-state index contributed by atoms with van der Waals surface area (Å²) in [6.45, 7) is 4.16. The molecule has 1 aromatic heterocycles. The van der Waals surface area contributed by atoms with Crippen LogP contribution in [-0.4, -0.2) is 47.3 Å². The van der Waals surface area contributed by atoms with Gasteiger partial charge in [0, 0.05) is 18.7 Å². The number of carbonyl (C=O) groups excluding carboxylic acids is 1. The fourth-order valence-electron chi connectivity index (χ4n) is 4.10. The zero-order chi connectivity index (χ0) is 24.3. The highest BCUT2D eigenvalue weighted by atomic mass is 32.2. The normalized spacial score (nSPS) is 16.8. The van der Waals surface area contributed by atoms with Gasteiger partial charge in [0.25, 0.3) is 5.91 Å². The fourth-order valence-corrected chi connectivity index (χ4v) is 5.42. The summed E-state index contributed by atoms with van der Waals surface area (Å²) in [5.41, 5.74) is 13.1. The quantitative estimate of drug-likeness (QED) is 0.475. The highest BCUT2D eigenvalue weighted by molar-refractivity contribution is 7.89. The molecule has 4 N–H and O–H groups in total. The first kappa shape index (κ1) is 23.5. The molecule has 0 radical (unpaired) electrons. The molecule has 9 nitrogen and oxygen atoms in total. The van der Waals surface area contributed by atoms with Crippen LogP contribution in [0.15, 0.2) is 67.3 Å². The van der Waals surface area contributed by atoms with Gasteiger partial charge in [-0.25, -0.2) is 13.1 Å². The average Bonchev–Trinajstić information content (AvgIpc) is 3.17. The number of anilines is 1. The second-order valence-electron chi connectivity index (χ2n) is 8.08. The minimum absolute atomic E-state index is 0.114. The van der Waals surface area contributed by atoms with E-state index in [9.17, 15) is 13.2 Å². The molecule has 1 aliphatic heterocycles. The summed E-state index contributed by atoms with van der Waals surface area (Å²) in [6.07, 6.45) is 2.69. The number of hydrogen-bond donors (Lipinski definition) is 2. The number of sulfonamides is 1. The van der Waals surface area contributed by atoms with Crippen LogP contribution in [-0.2, 0) is 10.0 Å². The van der Waals surface area contributed by atoms with Crippen LogP contribution in [0.2, 0.25) is 0 Å². The van der Waals surface area contributed by atoms with Gasteiger partial charge in [0.05, 0.1) is 11.8 Å². The third-order valence-electron chi connectivity index (χ3n) is 5.73. The Hall–Kier alpha value is -3.63. The van der Waals surface area contributed by atoms with Gasteiger partial charge in [0.2, 0.25) is 10.0 Å². The number of piperidine rings is 1. The molecule has 0 saturated carbocycles. The van der Waals surface area contributed by atoms with Crippen LogP contribution in [0.4, 0.5) is 5.82 Å². The van der Waals surface area contributed by atoms with Crippen molar-refractivity contribution in [2.45, 2.75) is 18.9 Å². The summed E-state index contributed by atoms with van der Waals surface area (Å²) in [5.74, 6) is 0.618. The zero-order valence-electron chi connectivity index (χ0n) is 18.6. The van der Waals surface area contributed by atoms with E-state index in [-0.39, 0.29) is 29.7 Å². The van der Waals surface area contributed by atoms with Crippen molar-refractivity contribution in [1.82, 2.24) is 14.1 Å². The SMILES string of the molecule is C=CCS(=O)(=O)N1CCCC(n2nc(-c3ccc(Oc4ccccc4)cc3)c(C(N)=O)c2N)C1. The molecule has 0 spiro atoms. The van der Waals surface area contributed by atoms with Crippen molar-refractivity contribution >= 4 is 21.7 Å². The van der Waals surface area contributed by atoms with Crippen molar-refractivity contribution in [2.75, 3.05) is 24.6 Å². The molecule has 4 rings (SSSR count). The molecule has 0 bridgehead atoms. The van der Waals surface area contributed by atoms with E-state index >= 15 is 0 Å². The van der Waals surface area contributed by atoms with Crippen molar-refractivity contribution in [3.05, 3.63) is 72.8 Å². The monoisotopic (exact) mass is 481 g/mol. The lowest BCUT2D eigenvalue weighted by molar-refractivity contribution is 0.100. The first-order valence-electron chi connectivity index (χ1n) is 10.9. The van der Waals surface area contributed by atoms with E-state index in [2.05, 4.69) is 11.7 Å². The maximum absolute atomic E-state index is 12.5. The average molecular weight is 482 g/mol. The lowest BCUT2D eigenvalue weighted by Gasteiger charge is -2.32. The molecule has 2 aromatic carbocycles. The molecular formula is C24H27N5O4S. The number of nitrogens with zero attached hydrogens (tertiary/aromatic N) is 3. The molecule has 3 aromatic rings. The first-order chi connectivity index (χ1) is 16.3. The predicted molar refractivity (Wildman–Crippen MR) is 131 cm³/mol. The number of rotatable bonds is 8. The van der Waals surface area contributed by atoms with Gasteiger partial charge in [0.15, 0.2) is 0 Å². The number of benzene rings is 2.